The quantitative estimate of drug-likeness (QED) is 0.760. The van der Waals surface area contributed by atoms with E-state index in [2.05, 4.69) is 26.5 Å². The van der Waals surface area contributed by atoms with Gasteiger partial charge in [-0.2, -0.15) is 12.6 Å². The van der Waals surface area contributed by atoms with Crippen LogP contribution in [0.25, 0.3) is 0 Å². The molecule has 0 N–H and O–H groups in total. The number of pyridine rings is 1. The number of aryl methyl sites for hydroxylation is 1. The molecule has 0 saturated heterocycles. The zero-order chi connectivity index (χ0) is 10.8. The summed E-state index contributed by atoms with van der Waals surface area (Å²) < 4.78 is 2.05. The molecule has 0 bridgehead atoms. The number of aromatic nitrogens is 1. The van der Waals surface area contributed by atoms with Crippen molar-refractivity contribution in [2.75, 3.05) is 5.75 Å². The summed E-state index contributed by atoms with van der Waals surface area (Å²) in [7, 11) is 0. The molecule has 1 aromatic heterocycles. The highest BCUT2D eigenvalue weighted by Gasteiger charge is 2.15. The average Bonchev–Trinajstić information content (AvgIpc) is 2.11. The first-order valence-electron chi connectivity index (χ1n) is 4.72. The van der Waals surface area contributed by atoms with Gasteiger partial charge >= 0.3 is 0 Å². The van der Waals surface area contributed by atoms with Crippen LogP contribution >= 0.6 is 12.6 Å². The van der Waals surface area contributed by atoms with Gasteiger partial charge in [0, 0.05) is 30.6 Å². The van der Waals surface area contributed by atoms with Crippen molar-refractivity contribution in [3.8, 4) is 0 Å². The summed E-state index contributed by atoms with van der Waals surface area (Å²) in [5.41, 5.74) is 1.05. The van der Waals surface area contributed by atoms with Gasteiger partial charge in [-0.05, 0) is 18.1 Å². The fourth-order valence-electron chi connectivity index (χ4n) is 1.29. The van der Waals surface area contributed by atoms with Crippen LogP contribution in [-0.2, 0) is 6.54 Å². The Morgan fingerprint density at radius 1 is 1.50 bits per heavy atom. The molecule has 0 saturated carbocycles. The summed E-state index contributed by atoms with van der Waals surface area (Å²) in [5, 5.41) is 0. The largest absolute Gasteiger partial charge is 0.353 e. The third kappa shape index (κ3) is 2.91. The number of thiol groups is 1. The lowest BCUT2D eigenvalue weighted by molar-refractivity contribution is 0.351. The third-order valence-corrected chi connectivity index (χ3v) is 3.06. The van der Waals surface area contributed by atoms with Crippen LogP contribution in [0.1, 0.15) is 19.4 Å². The molecule has 0 spiro atoms. The summed E-state index contributed by atoms with van der Waals surface area (Å²) in [6.07, 6.45) is 3.73. The van der Waals surface area contributed by atoms with Gasteiger partial charge in [0.05, 0.1) is 0 Å². The van der Waals surface area contributed by atoms with E-state index in [0.29, 0.717) is 0 Å². The Morgan fingerprint density at radius 3 is 2.64 bits per heavy atom. The first kappa shape index (κ1) is 11.4. The minimum absolute atomic E-state index is 0.102. The molecule has 3 heteroatoms. The molecule has 1 aromatic rings. The fourth-order valence-corrected chi connectivity index (χ4v) is 1.39. The summed E-state index contributed by atoms with van der Waals surface area (Å²) in [4.78, 5) is 11.2. The monoisotopic (exact) mass is 211 g/mol. The smallest absolute Gasteiger partial charge is 0.184 e. The predicted octanol–water partition coefficient (Wildman–Crippen LogP) is 2.11. The maximum Gasteiger partial charge on any atom is 0.184 e. The molecule has 0 fully saturated rings. The van der Waals surface area contributed by atoms with Crippen LogP contribution in [0.3, 0.4) is 0 Å². The number of hydrogen-bond donors (Lipinski definition) is 1. The Morgan fingerprint density at radius 2 is 2.14 bits per heavy atom. The molecule has 14 heavy (non-hydrogen) atoms. The highest BCUT2D eigenvalue weighted by atomic mass is 32.1. The lowest BCUT2D eigenvalue weighted by Crippen LogP contribution is -2.22. The van der Waals surface area contributed by atoms with Gasteiger partial charge in [0.1, 0.15) is 0 Å². The van der Waals surface area contributed by atoms with E-state index in [1.807, 2.05) is 23.9 Å². The van der Waals surface area contributed by atoms with Gasteiger partial charge in [-0.3, -0.25) is 4.79 Å². The normalized spacial score (nSPS) is 11.7. The number of hydrogen-bond acceptors (Lipinski definition) is 2. The van der Waals surface area contributed by atoms with Crippen molar-refractivity contribution in [1.82, 2.24) is 4.57 Å². The van der Waals surface area contributed by atoms with Crippen molar-refractivity contribution in [1.29, 1.82) is 0 Å². The maximum atomic E-state index is 11.2. The SMILES string of the molecule is Cc1cn(CC(C)(C)CS)ccc1=O. The van der Waals surface area contributed by atoms with Gasteiger partial charge < -0.3 is 4.57 Å². The van der Waals surface area contributed by atoms with Crippen LogP contribution in [0.4, 0.5) is 0 Å². The van der Waals surface area contributed by atoms with Crippen LogP contribution in [0.2, 0.25) is 0 Å². The second-order valence-corrected chi connectivity index (χ2v) is 4.80. The van der Waals surface area contributed by atoms with Crippen LogP contribution < -0.4 is 5.43 Å². The van der Waals surface area contributed by atoms with E-state index in [1.54, 1.807) is 6.07 Å². The van der Waals surface area contributed by atoms with Crippen molar-refractivity contribution in [2.24, 2.45) is 5.41 Å². The molecular weight excluding hydrogens is 194 g/mol. The fraction of sp³-hybridized carbons (Fsp3) is 0.545. The Labute approximate surface area is 90.4 Å². The molecule has 2 nitrogen and oxygen atoms in total. The molecular formula is C11H17NOS. The Bertz CT molecular complexity index is 368. The van der Waals surface area contributed by atoms with E-state index in [1.165, 1.54) is 0 Å². The molecule has 0 atom stereocenters. The molecule has 78 valence electrons. The summed E-state index contributed by atoms with van der Waals surface area (Å²) in [6, 6.07) is 1.62. The van der Waals surface area contributed by atoms with Crippen molar-refractivity contribution < 1.29 is 0 Å². The average molecular weight is 211 g/mol. The van der Waals surface area contributed by atoms with Crippen molar-refractivity contribution >= 4 is 12.6 Å². The van der Waals surface area contributed by atoms with Gasteiger partial charge in [-0.1, -0.05) is 13.8 Å². The lowest BCUT2D eigenvalue weighted by atomic mass is 9.96. The second-order valence-electron chi connectivity index (χ2n) is 4.49. The molecule has 1 rings (SSSR count). The third-order valence-electron chi connectivity index (χ3n) is 2.20. The molecule has 1 heterocycles. The molecule has 0 aliphatic rings. The zero-order valence-electron chi connectivity index (χ0n) is 8.95. The van der Waals surface area contributed by atoms with E-state index in [-0.39, 0.29) is 10.8 Å². The van der Waals surface area contributed by atoms with Gasteiger partial charge in [-0.15, -0.1) is 0 Å². The first-order valence-corrected chi connectivity index (χ1v) is 5.35. The Balaban J connectivity index is 2.88. The van der Waals surface area contributed by atoms with Gasteiger partial charge in [0.2, 0.25) is 0 Å². The molecule has 0 aliphatic carbocycles. The Kier molecular flexibility index (Phi) is 3.43. The van der Waals surface area contributed by atoms with Crippen molar-refractivity contribution in [2.45, 2.75) is 27.3 Å². The minimum Gasteiger partial charge on any atom is -0.353 e. The topological polar surface area (TPSA) is 22.0 Å². The van der Waals surface area contributed by atoms with E-state index < -0.39 is 0 Å². The molecule has 0 aliphatic heterocycles. The first-order chi connectivity index (χ1) is 6.44. The second kappa shape index (κ2) is 4.22. The van der Waals surface area contributed by atoms with E-state index in [4.69, 9.17) is 0 Å². The summed E-state index contributed by atoms with van der Waals surface area (Å²) in [5.74, 6) is 0.832. The number of nitrogens with zero attached hydrogens (tertiary/aromatic N) is 1. The standard InChI is InChI=1S/C11H17NOS/c1-9-6-12(5-4-10(9)13)7-11(2,3)8-14/h4-6,14H,7-8H2,1-3H3. The van der Waals surface area contributed by atoms with E-state index >= 15 is 0 Å². The zero-order valence-corrected chi connectivity index (χ0v) is 9.84. The number of rotatable bonds is 3. The van der Waals surface area contributed by atoms with E-state index in [9.17, 15) is 4.79 Å². The van der Waals surface area contributed by atoms with Crippen molar-refractivity contribution in [3.63, 3.8) is 0 Å². The molecule has 0 radical (unpaired) electrons. The minimum atomic E-state index is 0.102. The summed E-state index contributed by atoms with van der Waals surface area (Å²) in [6.45, 7) is 7.05. The molecule has 0 aromatic carbocycles. The Hall–Kier alpha value is -0.700. The highest BCUT2D eigenvalue weighted by molar-refractivity contribution is 7.80. The van der Waals surface area contributed by atoms with Crippen molar-refractivity contribution in [3.05, 3.63) is 34.2 Å². The van der Waals surface area contributed by atoms with E-state index in [0.717, 1.165) is 17.9 Å². The van der Waals surface area contributed by atoms with Crippen LogP contribution in [0.5, 0.6) is 0 Å². The highest BCUT2D eigenvalue weighted by Crippen LogP contribution is 2.19. The predicted molar refractivity (Wildman–Crippen MR) is 63.1 cm³/mol. The van der Waals surface area contributed by atoms with Crippen LogP contribution in [0, 0.1) is 12.3 Å². The van der Waals surface area contributed by atoms with Gasteiger partial charge in [0.15, 0.2) is 5.43 Å². The van der Waals surface area contributed by atoms with Gasteiger partial charge in [-0.25, -0.2) is 0 Å². The van der Waals surface area contributed by atoms with Crippen LogP contribution in [-0.4, -0.2) is 10.3 Å². The molecule has 0 unspecified atom stereocenters. The lowest BCUT2D eigenvalue weighted by Gasteiger charge is -2.23. The maximum absolute atomic E-state index is 11.2. The van der Waals surface area contributed by atoms with Gasteiger partial charge in [0.25, 0.3) is 0 Å². The van der Waals surface area contributed by atoms with Crippen LogP contribution in [0.15, 0.2) is 23.3 Å². The summed E-state index contributed by atoms with van der Waals surface area (Å²) >= 11 is 4.30. The molecule has 0 amide bonds.